The molecule has 1 atom stereocenters. The lowest BCUT2D eigenvalue weighted by molar-refractivity contribution is 0.0613. The van der Waals surface area contributed by atoms with Gasteiger partial charge in [0.15, 0.2) is 0 Å². The van der Waals surface area contributed by atoms with Crippen molar-refractivity contribution in [3.05, 3.63) is 17.5 Å². The summed E-state index contributed by atoms with van der Waals surface area (Å²) in [6.45, 7) is 6.22. The highest BCUT2D eigenvalue weighted by Gasteiger charge is 2.26. The van der Waals surface area contributed by atoms with Crippen LogP contribution < -0.4 is 5.32 Å². The van der Waals surface area contributed by atoms with Crippen LogP contribution in [0, 0.1) is 6.92 Å². The minimum absolute atomic E-state index is 0. The molecule has 1 saturated heterocycles. The van der Waals surface area contributed by atoms with Gasteiger partial charge in [-0.1, -0.05) is 5.16 Å². The number of nitrogens with one attached hydrogen (secondary N) is 1. The van der Waals surface area contributed by atoms with Gasteiger partial charge in [0.2, 0.25) is 5.76 Å². The van der Waals surface area contributed by atoms with Crippen molar-refractivity contribution < 1.29 is 9.32 Å². The van der Waals surface area contributed by atoms with Crippen LogP contribution in [-0.4, -0.2) is 41.6 Å². The molecular weight excluding hydrogens is 230 g/mol. The molecule has 0 unspecified atom stereocenters. The van der Waals surface area contributed by atoms with Gasteiger partial charge in [0.25, 0.3) is 5.91 Å². The van der Waals surface area contributed by atoms with Gasteiger partial charge in [-0.05, 0) is 13.8 Å². The highest BCUT2D eigenvalue weighted by atomic mass is 35.5. The van der Waals surface area contributed by atoms with E-state index in [0.29, 0.717) is 5.76 Å². The second-order valence-electron chi connectivity index (χ2n) is 3.88. The van der Waals surface area contributed by atoms with Crippen LogP contribution in [0.1, 0.15) is 23.2 Å². The van der Waals surface area contributed by atoms with Crippen molar-refractivity contribution >= 4 is 18.3 Å². The molecule has 0 aliphatic carbocycles. The third-order valence-corrected chi connectivity index (χ3v) is 2.60. The zero-order valence-corrected chi connectivity index (χ0v) is 10.2. The number of aryl methyl sites for hydroxylation is 1. The number of nitrogens with zero attached hydrogens (tertiary/aromatic N) is 2. The Morgan fingerprint density at radius 1 is 1.69 bits per heavy atom. The predicted octanol–water partition coefficient (Wildman–Crippen LogP) is 0.839. The third kappa shape index (κ3) is 2.54. The van der Waals surface area contributed by atoms with E-state index in [0.717, 1.165) is 25.3 Å². The average Bonchev–Trinajstić information content (AvgIpc) is 2.65. The molecule has 2 heterocycles. The topological polar surface area (TPSA) is 58.4 Å². The van der Waals surface area contributed by atoms with E-state index in [1.54, 1.807) is 6.07 Å². The fourth-order valence-electron chi connectivity index (χ4n) is 1.75. The van der Waals surface area contributed by atoms with Crippen LogP contribution in [0.4, 0.5) is 0 Å². The summed E-state index contributed by atoms with van der Waals surface area (Å²) in [4.78, 5) is 13.8. The maximum Gasteiger partial charge on any atom is 0.292 e. The first-order chi connectivity index (χ1) is 7.18. The Hall–Kier alpha value is -1.07. The van der Waals surface area contributed by atoms with Crippen molar-refractivity contribution in [1.82, 2.24) is 15.4 Å². The number of rotatable bonds is 1. The Bertz CT molecular complexity index is 367. The summed E-state index contributed by atoms with van der Waals surface area (Å²) in [5.41, 5.74) is 0.737. The molecule has 6 heteroatoms. The van der Waals surface area contributed by atoms with Crippen molar-refractivity contribution in [2.45, 2.75) is 19.9 Å². The number of hydrogen-bond acceptors (Lipinski definition) is 4. The van der Waals surface area contributed by atoms with Gasteiger partial charge in [-0.3, -0.25) is 4.79 Å². The van der Waals surface area contributed by atoms with Gasteiger partial charge in [0.05, 0.1) is 5.69 Å². The number of carbonyl (C=O) groups is 1. The fourth-order valence-corrected chi connectivity index (χ4v) is 1.75. The molecule has 1 amide bonds. The van der Waals surface area contributed by atoms with E-state index in [-0.39, 0.29) is 24.4 Å². The molecule has 0 bridgehead atoms. The third-order valence-electron chi connectivity index (χ3n) is 2.60. The second-order valence-corrected chi connectivity index (χ2v) is 3.88. The van der Waals surface area contributed by atoms with Crippen LogP contribution in [0.15, 0.2) is 10.6 Å². The van der Waals surface area contributed by atoms with Crippen LogP contribution in [-0.2, 0) is 0 Å². The first kappa shape index (κ1) is 13.0. The summed E-state index contributed by atoms with van der Waals surface area (Å²) in [7, 11) is 0. The van der Waals surface area contributed by atoms with Crippen LogP contribution in [0.3, 0.4) is 0 Å². The zero-order chi connectivity index (χ0) is 10.8. The molecule has 0 spiro atoms. The number of hydrogen-bond donors (Lipinski definition) is 1. The van der Waals surface area contributed by atoms with Crippen molar-refractivity contribution in [2.75, 3.05) is 19.6 Å². The monoisotopic (exact) mass is 245 g/mol. The number of aromatic nitrogens is 1. The molecular formula is C10H16ClN3O2. The highest BCUT2D eigenvalue weighted by Crippen LogP contribution is 2.11. The molecule has 90 valence electrons. The molecule has 5 nitrogen and oxygen atoms in total. The maximum absolute atomic E-state index is 12.0. The number of halogens is 1. The molecule has 1 aromatic rings. The highest BCUT2D eigenvalue weighted by molar-refractivity contribution is 5.91. The molecule has 1 aromatic heterocycles. The lowest BCUT2D eigenvalue weighted by atomic mass is 10.2. The van der Waals surface area contributed by atoms with Crippen LogP contribution in [0.5, 0.6) is 0 Å². The molecule has 1 aliphatic heterocycles. The van der Waals surface area contributed by atoms with E-state index < -0.39 is 0 Å². The van der Waals surface area contributed by atoms with Crippen molar-refractivity contribution in [3.63, 3.8) is 0 Å². The maximum atomic E-state index is 12.0. The quantitative estimate of drug-likeness (QED) is 0.797. The van der Waals surface area contributed by atoms with E-state index in [2.05, 4.69) is 10.5 Å². The number of piperazine rings is 1. The minimum atomic E-state index is -0.0652. The second kappa shape index (κ2) is 5.32. The Morgan fingerprint density at radius 2 is 2.44 bits per heavy atom. The van der Waals surface area contributed by atoms with Crippen LogP contribution >= 0.6 is 12.4 Å². The summed E-state index contributed by atoms with van der Waals surface area (Å²) in [6, 6.07) is 1.88. The summed E-state index contributed by atoms with van der Waals surface area (Å²) in [6.07, 6.45) is 0. The molecule has 0 radical (unpaired) electrons. The number of carbonyl (C=O) groups excluding carboxylic acids is 1. The summed E-state index contributed by atoms with van der Waals surface area (Å²) in [5, 5.41) is 6.96. The van der Waals surface area contributed by atoms with E-state index in [1.807, 2.05) is 18.7 Å². The number of amides is 1. The standard InChI is InChI=1S/C10H15N3O2.ClH/c1-7-5-9(15-12-7)10(14)13-4-3-11-6-8(13)2;/h5,8,11H,3-4,6H2,1-2H3;1H/t8-;/m0./s1. The van der Waals surface area contributed by atoms with Crippen molar-refractivity contribution in [3.8, 4) is 0 Å². The Labute approximate surface area is 101 Å². The molecule has 16 heavy (non-hydrogen) atoms. The van der Waals surface area contributed by atoms with E-state index in [1.165, 1.54) is 0 Å². The lowest BCUT2D eigenvalue weighted by Gasteiger charge is -2.33. The Kier molecular flexibility index (Phi) is 4.32. The summed E-state index contributed by atoms with van der Waals surface area (Å²) < 4.78 is 4.97. The first-order valence-corrected chi connectivity index (χ1v) is 5.13. The van der Waals surface area contributed by atoms with Crippen molar-refractivity contribution in [1.29, 1.82) is 0 Å². The normalized spacial score (nSPS) is 20.4. The van der Waals surface area contributed by atoms with Gasteiger partial charge in [-0.2, -0.15) is 0 Å². The van der Waals surface area contributed by atoms with Gasteiger partial charge < -0.3 is 14.7 Å². The SMILES string of the molecule is Cc1cc(C(=O)N2CCNC[C@@H]2C)on1.Cl. The van der Waals surface area contributed by atoms with E-state index in [9.17, 15) is 4.79 Å². The predicted molar refractivity (Wildman–Crippen MR) is 61.9 cm³/mol. The molecule has 1 fully saturated rings. The molecule has 1 aliphatic rings. The molecule has 0 saturated carbocycles. The lowest BCUT2D eigenvalue weighted by Crippen LogP contribution is -2.52. The van der Waals surface area contributed by atoms with Crippen LogP contribution in [0.25, 0.3) is 0 Å². The van der Waals surface area contributed by atoms with Gasteiger partial charge in [-0.15, -0.1) is 12.4 Å². The smallest absolute Gasteiger partial charge is 0.292 e. The largest absolute Gasteiger partial charge is 0.351 e. The van der Waals surface area contributed by atoms with E-state index >= 15 is 0 Å². The Morgan fingerprint density at radius 3 is 3.00 bits per heavy atom. The van der Waals surface area contributed by atoms with Crippen LogP contribution in [0.2, 0.25) is 0 Å². The minimum Gasteiger partial charge on any atom is -0.351 e. The van der Waals surface area contributed by atoms with Gasteiger partial charge >= 0.3 is 0 Å². The van der Waals surface area contributed by atoms with Crippen molar-refractivity contribution in [2.24, 2.45) is 0 Å². The molecule has 0 aromatic carbocycles. The molecule has 2 rings (SSSR count). The Balaban J connectivity index is 0.00000128. The fraction of sp³-hybridized carbons (Fsp3) is 0.600. The van der Waals surface area contributed by atoms with Gasteiger partial charge in [0.1, 0.15) is 0 Å². The van der Waals surface area contributed by atoms with E-state index in [4.69, 9.17) is 4.52 Å². The molecule has 1 N–H and O–H groups in total. The summed E-state index contributed by atoms with van der Waals surface area (Å²) >= 11 is 0. The zero-order valence-electron chi connectivity index (χ0n) is 9.40. The van der Waals surface area contributed by atoms with Gasteiger partial charge in [-0.25, -0.2) is 0 Å². The average molecular weight is 246 g/mol. The van der Waals surface area contributed by atoms with Gasteiger partial charge in [0, 0.05) is 31.7 Å². The first-order valence-electron chi connectivity index (χ1n) is 5.13. The summed E-state index contributed by atoms with van der Waals surface area (Å²) in [5.74, 6) is 0.269.